The summed E-state index contributed by atoms with van der Waals surface area (Å²) in [6.45, 7) is 0. The molecule has 2 aromatic carbocycles. The van der Waals surface area contributed by atoms with Gasteiger partial charge in [0.25, 0.3) is 11.6 Å². The molecule has 0 bridgehead atoms. The molecule has 0 fully saturated rings. The standard InChI is InChI=1S/C13H5BrN2O2/c14-9-5-4-8-10-6(9)2-1-3-7(10)12(17)11(16-15)13(8)18/h1-5H. The Morgan fingerprint density at radius 2 is 1.67 bits per heavy atom. The summed E-state index contributed by atoms with van der Waals surface area (Å²) in [7, 11) is 0. The highest BCUT2D eigenvalue weighted by atomic mass is 79.9. The van der Waals surface area contributed by atoms with Crippen LogP contribution >= 0.6 is 15.9 Å². The number of halogens is 1. The Morgan fingerprint density at radius 1 is 1.00 bits per heavy atom. The molecule has 1 aliphatic rings. The predicted octanol–water partition coefficient (Wildman–Crippen LogP) is 2.65. The van der Waals surface area contributed by atoms with E-state index in [2.05, 4.69) is 20.7 Å². The quantitative estimate of drug-likeness (QED) is 0.554. The lowest BCUT2D eigenvalue weighted by Gasteiger charge is -2.13. The van der Waals surface area contributed by atoms with Gasteiger partial charge >= 0.3 is 5.71 Å². The molecule has 4 nitrogen and oxygen atoms in total. The van der Waals surface area contributed by atoms with E-state index < -0.39 is 17.3 Å². The SMILES string of the molecule is [N-]=[N+]=C1C(=O)c2cccc3c(Br)ccc(c23)C1=O. The van der Waals surface area contributed by atoms with Gasteiger partial charge in [-0.25, -0.2) is 0 Å². The average molecular weight is 301 g/mol. The maximum absolute atomic E-state index is 12.0. The Balaban J connectivity index is 2.58. The molecule has 1 aliphatic carbocycles. The molecule has 18 heavy (non-hydrogen) atoms. The maximum atomic E-state index is 12.0. The van der Waals surface area contributed by atoms with Gasteiger partial charge in [-0.2, -0.15) is 4.79 Å². The second kappa shape index (κ2) is 3.70. The fourth-order valence-electron chi connectivity index (χ4n) is 2.20. The third-order valence-corrected chi connectivity index (χ3v) is 3.70. The summed E-state index contributed by atoms with van der Waals surface area (Å²) >= 11 is 3.39. The topological polar surface area (TPSA) is 70.5 Å². The number of ketones is 2. The fourth-order valence-corrected chi connectivity index (χ4v) is 2.66. The molecular weight excluding hydrogens is 296 g/mol. The van der Waals surface area contributed by atoms with Crippen LogP contribution in [0, 0.1) is 0 Å². The van der Waals surface area contributed by atoms with E-state index in [1.54, 1.807) is 24.3 Å². The summed E-state index contributed by atoms with van der Waals surface area (Å²) in [4.78, 5) is 26.9. The molecule has 0 atom stereocenters. The van der Waals surface area contributed by atoms with Crippen molar-refractivity contribution in [2.24, 2.45) is 0 Å². The Morgan fingerprint density at radius 3 is 2.33 bits per heavy atom. The van der Waals surface area contributed by atoms with Crippen LogP contribution < -0.4 is 0 Å². The van der Waals surface area contributed by atoms with Gasteiger partial charge in [-0.05, 0) is 17.5 Å². The summed E-state index contributed by atoms with van der Waals surface area (Å²) in [5.74, 6) is -1.09. The van der Waals surface area contributed by atoms with Crippen LogP contribution in [0.3, 0.4) is 0 Å². The van der Waals surface area contributed by atoms with Crippen LogP contribution in [0.4, 0.5) is 0 Å². The molecule has 0 spiro atoms. The van der Waals surface area contributed by atoms with Crippen molar-refractivity contribution in [3.8, 4) is 0 Å². The van der Waals surface area contributed by atoms with Crippen LogP contribution in [0.5, 0.6) is 0 Å². The first kappa shape index (κ1) is 11.0. The molecule has 2 aromatic rings. The highest BCUT2D eigenvalue weighted by molar-refractivity contribution is 9.10. The first-order valence-corrected chi connectivity index (χ1v) is 5.97. The molecule has 3 rings (SSSR count). The first-order chi connectivity index (χ1) is 8.65. The molecule has 5 heteroatoms. The number of Topliss-reactive ketones (excluding diaryl/α,β-unsaturated/α-hetero) is 2. The molecule has 0 radical (unpaired) electrons. The highest BCUT2D eigenvalue weighted by Crippen LogP contribution is 2.33. The summed E-state index contributed by atoms with van der Waals surface area (Å²) in [5.41, 5.74) is 9.14. The summed E-state index contributed by atoms with van der Waals surface area (Å²) in [6, 6.07) is 8.54. The average Bonchev–Trinajstić information content (AvgIpc) is 2.38. The molecule has 0 aromatic heterocycles. The summed E-state index contributed by atoms with van der Waals surface area (Å²) < 4.78 is 0.813. The van der Waals surface area contributed by atoms with E-state index in [0.717, 1.165) is 9.86 Å². The summed E-state index contributed by atoms with van der Waals surface area (Å²) in [6.07, 6.45) is 0. The number of rotatable bonds is 0. The normalized spacial score (nSPS) is 13.9. The maximum Gasteiger partial charge on any atom is 0.410 e. The third-order valence-electron chi connectivity index (χ3n) is 3.01. The van der Waals surface area contributed by atoms with Crippen molar-refractivity contribution in [3.63, 3.8) is 0 Å². The number of carbonyl (C=O) groups is 2. The van der Waals surface area contributed by atoms with Gasteiger partial charge in [0.2, 0.25) is 0 Å². The molecule has 0 heterocycles. The second-order valence-corrected chi connectivity index (χ2v) is 4.78. The molecule has 0 unspecified atom stereocenters. The predicted molar refractivity (Wildman–Crippen MR) is 68.9 cm³/mol. The number of hydrogen-bond acceptors (Lipinski definition) is 2. The van der Waals surface area contributed by atoms with E-state index in [1.165, 1.54) is 0 Å². The Hall–Kier alpha value is -2.10. The third kappa shape index (κ3) is 1.26. The fraction of sp³-hybridized carbons (Fsp3) is 0. The number of nitrogens with zero attached hydrogens (tertiary/aromatic N) is 2. The first-order valence-electron chi connectivity index (χ1n) is 5.18. The van der Waals surface area contributed by atoms with Gasteiger partial charge in [-0.15, -0.1) is 0 Å². The van der Waals surface area contributed by atoms with E-state index in [4.69, 9.17) is 5.53 Å². The van der Waals surface area contributed by atoms with E-state index >= 15 is 0 Å². The minimum atomic E-state index is -0.543. The van der Waals surface area contributed by atoms with Crippen molar-refractivity contribution < 1.29 is 14.4 Å². The van der Waals surface area contributed by atoms with Gasteiger partial charge in [-0.1, -0.05) is 34.1 Å². The molecule has 86 valence electrons. The van der Waals surface area contributed by atoms with Crippen LogP contribution in [0.1, 0.15) is 20.7 Å². The van der Waals surface area contributed by atoms with Crippen LogP contribution in [0.2, 0.25) is 0 Å². The van der Waals surface area contributed by atoms with E-state index in [0.29, 0.717) is 16.5 Å². The van der Waals surface area contributed by atoms with Gasteiger partial charge in [0.05, 0.1) is 0 Å². The molecule has 0 N–H and O–H groups in total. The van der Waals surface area contributed by atoms with E-state index in [-0.39, 0.29) is 0 Å². The Kier molecular flexibility index (Phi) is 2.26. The number of hydrogen-bond donors (Lipinski definition) is 0. The molecule has 0 amide bonds. The molecule has 0 saturated heterocycles. The number of benzene rings is 2. The number of carbonyl (C=O) groups excluding carboxylic acids is 2. The lowest BCUT2D eigenvalue weighted by atomic mass is 9.86. The minimum absolute atomic E-state index is 0.385. The molecular formula is C13H5BrN2O2. The Bertz CT molecular complexity index is 765. The molecule has 0 saturated carbocycles. The lowest BCUT2D eigenvalue weighted by molar-refractivity contribution is -0.00708. The van der Waals surface area contributed by atoms with Crippen LogP contribution in [0.25, 0.3) is 16.3 Å². The summed E-state index contributed by atoms with van der Waals surface area (Å²) in [5, 5.41) is 1.40. The minimum Gasteiger partial charge on any atom is -0.360 e. The van der Waals surface area contributed by atoms with E-state index in [9.17, 15) is 9.59 Å². The lowest BCUT2D eigenvalue weighted by Crippen LogP contribution is -2.30. The van der Waals surface area contributed by atoms with Crippen LogP contribution in [-0.4, -0.2) is 22.1 Å². The van der Waals surface area contributed by atoms with Crippen LogP contribution in [-0.2, 0) is 0 Å². The van der Waals surface area contributed by atoms with Crippen molar-refractivity contribution >= 4 is 44.0 Å². The van der Waals surface area contributed by atoms with E-state index in [1.807, 2.05) is 6.07 Å². The van der Waals surface area contributed by atoms with Crippen molar-refractivity contribution in [1.82, 2.24) is 0 Å². The van der Waals surface area contributed by atoms with Crippen LogP contribution in [0.15, 0.2) is 34.8 Å². The van der Waals surface area contributed by atoms with Gasteiger partial charge in [0.15, 0.2) is 0 Å². The van der Waals surface area contributed by atoms with Crippen molar-refractivity contribution in [2.75, 3.05) is 0 Å². The zero-order chi connectivity index (χ0) is 12.9. The van der Waals surface area contributed by atoms with Gasteiger partial charge in [0, 0.05) is 21.0 Å². The van der Waals surface area contributed by atoms with Gasteiger partial charge in [-0.3, -0.25) is 9.59 Å². The zero-order valence-corrected chi connectivity index (χ0v) is 10.6. The van der Waals surface area contributed by atoms with Crippen molar-refractivity contribution in [2.45, 2.75) is 0 Å². The van der Waals surface area contributed by atoms with Gasteiger partial charge in [0.1, 0.15) is 0 Å². The highest BCUT2D eigenvalue weighted by Gasteiger charge is 2.38. The van der Waals surface area contributed by atoms with Crippen molar-refractivity contribution in [3.05, 3.63) is 51.5 Å². The largest absolute Gasteiger partial charge is 0.410 e. The van der Waals surface area contributed by atoms with Crippen molar-refractivity contribution in [1.29, 1.82) is 0 Å². The molecule has 0 aliphatic heterocycles. The Labute approximate surface area is 110 Å². The smallest absolute Gasteiger partial charge is 0.360 e. The zero-order valence-electron chi connectivity index (χ0n) is 8.98. The monoisotopic (exact) mass is 300 g/mol. The van der Waals surface area contributed by atoms with Gasteiger partial charge < -0.3 is 5.53 Å². The second-order valence-electron chi connectivity index (χ2n) is 3.93.